The van der Waals surface area contributed by atoms with E-state index in [1.807, 2.05) is 6.08 Å². The summed E-state index contributed by atoms with van der Waals surface area (Å²) in [5.41, 5.74) is 0.264. The Kier molecular flexibility index (Phi) is 8.04. The molecule has 3 saturated carbocycles. The number of carbonyl (C=O) groups excluding carboxylic acids is 4. The Hall–Kier alpha value is -1.98. The van der Waals surface area contributed by atoms with Crippen molar-refractivity contribution in [1.29, 1.82) is 0 Å². The quantitative estimate of drug-likeness (QED) is 0.265. The van der Waals surface area contributed by atoms with E-state index in [1.54, 1.807) is 6.92 Å². The normalized spacial score (nSPS) is 44.0. The van der Waals surface area contributed by atoms with Crippen LogP contribution in [0.3, 0.4) is 0 Å². The van der Waals surface area contributed by atoms with E-state index in [-0.39, 0.29) is 29.0 Å². The number of rotatable bonds is 7. The van der Waals surface area contributed by atoms with Gasteiger partial charge in [0.25, 0.3) is 0 Å². The van der Waals surface area contributed by atoms with Crippen molar-refractivity contribution in [3.8, 4) is 0 Å². The predicted molar refractivity (Wildman–Crippen MR) is 150 cm³/mol. The Bertz CT molecular complexity index is 1050. The van der Waals surface area contributed by atoms with E-state index in [2.05, 4.69) is 34.6 Å². The zero-order valence-corrected chi connectivity index (χ0v) is 25.4. The number of fused-ring (bicyclic) bond motifs is 5. The van der Waals surface area contributed by atoms with Gasteiger partial charge in [-0.3, -0.25) is 14.4 Å². The third-order valence-corrected chi connectivity index (χ3v) is 12.4. The van der Waals surface area contributed by atoms with Gasteiger partial charge in [-0.15, -0.1) is 0 Å². The molecule has 0 aromatic rings. The lowest BCUT2D eigenvalue weighted by atomic mass is 9.34. The Morgan fingerprint density at radius 3 is 2.28 bits per heavy atom. The highest BCUT2D eigenvalue weighted by Gasteiger charge is 2.69. The van der Waals surface area contributed by atoms with E-state index in [0.29, 0.717) is 35.7 Å². The van der Waals surface area contributed by atoms with Crippen LogP contribution in [0.25, 0.3) is 0 Å². The van der Waals surface area contributed by atoms with Crippen molar-refractivity contribution in [3.05, 3.63) is 11.6 Å². The molecule has 0 bridgehead atoms. The maximum atomic E-state index is 13.3. The largest absolute Gasteiger partial charge is 0.462 e. The highest BCUT2D eigenvalue weighted by molar-refractivity contribution is 5.97. The van der Waals surface area contributed by atoms with Crippen molar-refractivity contribution in [2.24, 2.45) is 45.3 Å². The summed E-state index contributed by atoms with van der Waals surface area (Å²) in [6.07, 6.45) is 10.3. The van der Waals surface area contributed by atoms with Crippen LogP contribution in [0.4, 0.5) is 0 Å². The number of carbonyl (C=O) groups is 4. The van der Waals surface area contributed by atoms with Crippen molar-refractivity contribution in [1.82, 2.24) is 0 Å². The summed E-state index contributed by atoms with van der Waals surface area (Å²) in [4.78, 5) is 50.2. The summed E-state index contributed by atoms with van der Waals surface area (Å²) in [5, 5.41) is 0. The highest BCUT2D eigenvalue weighted by atomic mass is 16.6. The number of Topliss-reactive ketones (excluding diaryl/α,β-unsaturated/α-hetero) is 1. The second kappa shape index (κ2) is 10.4. The van der Waals surface area contributed by atoms with Crippen LogP contribution in [-0.2, 0) is 28.7 Å². The number of hydrogen-bond donors (Lipinski definition) is 0. The fraction of sp³-hybridized carbons (Fsp3) is 0.818. The Balaban J connectivity index is 1.78. The monoisotopic (exact) mass is 542 g/mol. The molecule has 0 amide bonds. The topological polar surface area (TPSA) is 86.7 Å². The number of allylic oxidation sites excluding steroid dienone is 2. The lowest BCUT2D eigenvalue weighted by molar-refractivity contribution is -0.240. The van der Waals surface area contributed by atoms with E-state index in [0.717, 1.165) is 12.7 Å². The zero-order chi connectivity index (χ0) is 29.0. The first kappa shape index (κ1) is 30.0. The van der Waals surface area contributed by atoms with Crippen LogP contribution in [0.5, 0.6) is 0 Å². The summed E-state index contributed by atoms with van der Waals surface area (Å²) >= 11 is 0. The van der Waals surface area contributed by atoms with Crippen molar-refractivity contribution in [2.45, 2.75) is 125 Å². The molecule has 39 heavy (non-hydrogen) atoms. The average Bonchev–Trinajstić information content (AvgIpc) is 2.83. The van der Waals surface area contributed by atoms with Crippen LogP contribution in [-0.4, -0.2) is 36.2 Å². The molecule has 0 saturated heterocycles. The minimum atomic E-state index is -0.686. The first-order chi connectivity index (χ1) is 18.2. The van der Waals surface area contributed by atoms with Crippen LogP contribution in [0.15, 0.2) is 11.6 Å². The fourth-order valence-corrected chi connectivity index (χ4v) is 10.4. The first-order valence-electron chi connectivity index (χ1n) is 15.2. The summed E-state index contributed by atoms with van der Waals surface area (Å²) in [7, 11) is 0. The minimum absolute atomic E-state index is 0.0278. The first-order valence-corrected chi connectivity index (χ1v) is 15.2. The van der Waals surface area contributed by atoms with Crippen LogP contribution >= 0.6 is 0 Å². The van der Waals surface area contributed by atoms with Crippen LogP contribution < -0.4 is 0 Å². The van der Waals surface area contributed by atoms with Gasteiger partial charge in [-0.2, -0.15) is 0 Å². The number of hydrogen-bond acceptors (Lipinski definition) is 6. The summed E-state index contributed by atoms with van der Waals surface area (Å²) in [5.74, 6) is -0.490. The molecular formula is C33H50O6. The van der Waals surface area contributed by atoms with Crippen molar-refractivity contribution in [3.63, 3.8) is 0 Å². The van der Waals surface area contributed by atoms with Gasteiger partial charge in [0, 0.05) is 17.9 Å². The second-order valence-electron chi connectivity index (χ2n) is 14.3. The fourth-order valence-electron chi connectivity index (χ4n) is 10.4. The van der Waals surface area contributed by atoms with Crippen LogP contribution in [0.1, 0.15) is 113 Å². The minimum Gasteiger partial charge on any atom is -0.462 e. The molecule has 4 aliphatic rings. The number of esters is 2. The average molecular weight is 543 g/mol. The molecule has 218 valence electrons. The van der Waals surface area contributed by atoms with Gasteiger partial charge in [0.2, 0.25) is 0 Å². The molecule has 4 aliphatic carbocycles. The molecule has 10 atom stereocenters. The van der Waals surface area contributed by atoms with E-state index >= 15 is 0 Å². The lowest BCUT2D eigenvalue weighted by Gasteiger charge is -2.70. The van der Waals surface area contributed by atoms with E-state index in [1.165, 1.54) is 46.0 Å². The molecule has 0 spiro atoms. The molecule has 6 nitrogen and oxygen atoms in total. The summed E-state index contributed by atoms with van der Waals surface area (Å²) < 4.78 is 11.6. The SMILES string of the molecule is CC[C@@]1(C)CCC[C@]2(C)[C@H]3C[C@H](OC(=O)C[C@H](C)OC(C)=O)[C@]4(C)[C@@H](C=O)C(C(C)=O)=CC[C@H]4[C@]3(C)CC[C@@H]12. The number of aldehydes is 1. The molecule has 0 aliphatic heterocycles. The molecule has 0 unspecified atom stereocenters. The molecule has 4 rings (SSSR count). The maximum absolute atomic E-state index is 13.3. The predicted octanol–water partition coefficient (Wildman–Crippen LogP) is 6.64. The molecule has 0 radical (unpaired) electrons. The smallest absolute Gasteiger partial charge is 0.309 e. The summed E-state index contributed by atoms with van der Waals surface area (Å²) in [6, 6.07) is 0. The molecule has 0 aromatic heterocycles. The maximum Gasteiger partial charge on any atom is 0.309 e. The number of ether oxygens (including phenoxy) is 2. The Morgan fingerprint density at radius 2 is 1.69 bits per heavy atom. The third-order valence-electron chi connectivity index (χ3n) is 12.4. The van der Waals surface area contributed by atoms with Crippen molar-refractivity contribution in [2.75, 3.05) is 0 Å². The Labute approximate surface area is 235 Å². The highest BCUT2D eigenvalue weighted by Crippen LogP contribution is 2.73. The molecule has 3 fully saturated rings. The van der Waals surface area contributed by atoms with Gasteiger partial charge in [-0.25, -0.2) is 0 Å². The lowest BCUT2D eigenvalue weighted by Crippen LogP contribution is -2.67. The summed E-state index contributed by atoms with van der Waals surface area (Å²) in [6.45, 7) is 16.4. The molecule has 0 heterocycles. The third kappa shape index (κ3) is 4.72. The van der Waals surface area contributed by atoms with Crippen LogP contribution in [0.2, 0.25) is 0 Å². The van der Waals surface area contributed by atoms with Gasteiger partial charge in [0.15, 0.2) is 5.78 Å². The van der Waals surface area contributed by atoms with Crippen LogP contribution in [0, 0.1) is 45.3 Å². The second-order valence-corrected chi connectivity index (χ2v) is 14.3. The number of ketones is 1. The van der Waals surface area contributed by atoms with Gasteiger partial charge in [-0.1, -0.05) is 53.5 Å². The van der Waals surface area contributed by atoms with Gasteiger partial charge < -0.3 is 14.3 Å². The van der Waals surface area contributed by atoms with Gasteiger partial charge in [0.1, 0.15) is 18.5 Å². The zero-order valence-electron chi connectivity index (χ0n) is 25.4. The molecule has 0 N–H and O–H groups in total. The Morgan fingerprint density at radius 1 is 1.03 bits per heavy atom. The molecule has 0 aromatic carbocycles. The van der Waals surface area contributed by atoms with Crippen molar-refractivity contribution >= 4 is 24.0 Å². The molecular weight excluding hydrogens is 492 g/mol. The van der Waals surface area contributed by atoms with E-state index in [9.17, 15) is 19.2 Å². The molecule has 6 heteroatoms. The van der Waals surface area contributed by atoms with Gasteiger partial charge in [-0.05, 0) is 86.4 Å². The van der Waals surface area contributed by atoms with Gasteiger partial charge >= 0.3 is 11.9 Å². The van der Waals surface area contributed by atoms with E-state index < -0.39 is 35.5 Å². The van der Waals surface area contributed by atoms with E-state index in [4.69, 9.17) is 9.47 Å². The van der Waals surface area contributed by atoms with Gasteiger partial charge in [0.05, 0.1) is 12.3 Å². The standard InChI is InChI=1S/C33H50O6/c1-9-30(5)14-10-15-31(6)25(30)13-16-32(7)26-12-11-23(21(3)35)24(19-34)33(26,8)28(18-27(31)32)39-29(37)17-20(2)38-22(4)36/h11,19-20,24-28H,9-10,12-18H2,1-8H3/t20-,24-,25-,26-,27+,28-,30-,31-,32-,33+/m0/s1. The van der Waals surface area contributed by atoms with Crippen molar-refractivity contribution < 1.29 is 28.7 Å².